The molecular formula is C14H16N2O3. The first-order valence-electron chi connectivity index (χ1n) is 6.04. The molecule has 2 N–H and O–H groups in total. The standard InChI is InChI=1S/C14H16N2O3/c1-14(2)7-11(18)13(12(19)8-14)16-15-9-5-3-4-6-10(9)17/h3-6,17-18H,7-8H2,1-2H3. The van der Waals surface area contributed by atoms with Crippen molar-refractivity contribution in [3.8, 4) is 5.75 Å². The number of hydrogen-bond donors (Lipinski definition) is 2. The second-order valence-electron chi connectivity index (χ2n) is 5.42. The van der Waals surface area contributed by atoms with Gasteiger partial charge in [0.15, 0.2) is 11.5 Å². The predicted octanol–water partition coefficient (Wildman–Crippen LogP) is 3.63. The van der Waals surface area contributed by atoms with Gasteiger partial charge < -0.3 is 10.2 Å². The fourth-order valence-electron chi connectivity index (χ4n) is 2.04. The number of ketones is 1. The van der Waals surface area contributed by atoms with Crippen LogP contribution in [-0.4, -0.2) is 16.0 Å². The molecule has 0 spiro atoms. The van der Waals surface area contributed by atoms with Gasteiger partial charge in [0, 0.05) is 12.8 Å². The first kappa shape index (κ1) is 13.3. The van der Waals surface area contributed by atoms with Crippen molar-refractivity contribution in [1.82, 2.24) is 0 Å². The molecule has 0 bridgehead atoms. The van der Waals surface area contributed by atoms with Crippen LogP contribution in [-0.2, 0) is 4.79 Å². The largest absolute Gasteiger partial charge is 0.510 e. The second-order valence-corrected chi connectivity index (χ2v) is 5.42. The van der Waals surface area contributed by atoms with E-state index in [0.29, 0.717) is 12.8 Å². The topological polar surface area (TPSA) is 82.2 Å². The Morgan fingerprint density at radius 1 is 1.11 bits per heavy atom. The zero-order valence-electron chi connectivity index (χ0n) is 10.9. The molecule has 0 aliphatic heterocycles. The Labute approximate surface area is 111 Å². The Hall–Kier alpha value is -2.17. The van der Waals surface area contributed by atoms with Gasteiger partial charge in [0.2, 0.25) is 0 Å². The van der Waals surface area contributed by atoms with E-state index in [9.17, 15) is 15.0 Å². The van der Waals surface area contributed by atoms with Gasteiger partial charge in [-0.25, -0.2) is 0 Å². The number of carbonyl (C=O) groups excluding carboxylic acids is 1. The average Bonchev–Trinajstić information content (AvgIpc) is 2.28. The molecule has 1 aliphatic rings. The van der Waals surface area contributed by atoms with Gasteiger partial charge >= 0.3 is 0 Å². The zero-order chi connectivity index (χ0) is 14.0. The lowest BCUT2D eigenvalue weighted by atomic mass is 9.78. The van der Waals surface area contributed by atoms with Crippen molar-refractivity contribution in [2.75, 3.05) is 0 Å². The summed E-state index contributed by atoms with van der Waals surface area (Å²) >= 11 is 0. The van der Waals surface area contributed by atoms with Crippen LogP contribution in [0, 0.1) is 5.41 Å². The zero-order valence-corrected chi connectivity index (χ0v) is 10.9. The second kappa shape index (κ2) is 4.84. The maximum Gasteiger partial charge on any atom is 0.187 e. The quantitative estimate of drug-likeness (QED) is 0.796. The number of phenolic OH excluding ortho intramolecular Hbond substituents is 1. The minimum absolute atomic E-state index is 0.0115. The molecule has 5 nitrogen and oxygen atoms in total. The van der Waals surface area contributed by atoms with Crippen molar-refractivity contribution in [3.63, 3.8) is 0 Å². The Kier molecular flexibility index (Phi) is 3.38. The number of phenols is 1. The van der Waals surface area contributed by atoms with E-state index >= 15 is 0 Å². The van der Waals surface area contributed by atoms with E-state index in [-0.39, 0.29) is 34.1 Å². The molecule has 19 heavy (non-hydrogen) atoms. The minimum Gasteiger partial charge on any atom is -0.510 e. The summed E-state index contributed by atoms with van der Waals surface area (Å²) in [4.78, 5) is 11.9. The first-order chi connectivity index (χ1) is 8.89. The van der Waals surface area contributed by atoms with Gasteiger partial charge in [0.05, 0.1) is 0 Å². The first-order valence-corrected chi connectivity index (χ1v) is 6.04. The number of nitrogens with zero attached hydrogens (tertiary/aromatic N) is 2. The smallest absolute Gasteiger partial charge is 0.187 e. The number of rotatable bonds is 2. The highest BCUT2D eigenvalue weighted by Crippen LogP contribution is 2.36. The highest BCUT2D eigenvalue weighted by Gasteiger charge is 2.33. The molecule has 0 fully saturated rings. The molecule has 0 unspecified atom stereocenters. The lowest BCUT2D eigenvalue weighted by Gasteiger charge is -2.27. The molecule has 2 rings (SSSR count). The Morgan fingerprint density at radius 2 is 1.79 bits per heavy atom. The van der Waals surface area contributed by atoms with E-state index in [2.05, 4.69) is 10.2 Å². The molecule has 5 heteroatoms. The van der Waals surface area contributed by atoms with Crippen LogP contribution in [0.15, 0.2) is 46.0 Å². The fraction of sp³-hybridized carbons (Fsp3) is 0.357. The van der Waals surface area contributed by atoms with Gasteiger partial charge in [-0.3, -0.25) is 4.79 Å². The molecule has 1 aromatic carbocycles. The highest BCUT2D eigenvalue weighted by atomic mass is 16.3. The van der Waals surface area contributed by atoms with Crippen LogP contribution >= 0.6 is 0 Å². The van der Waals surface area contributed by atoms with E-state index in [1.54, 1.807) is 18.2 Å². The molecule has 0 saturated carbocycles. The van der Waals surface area contributed by atoms with E-state index in [1.165, 1.54) is 6.07 Å². The SMILES string of the molecule is CC1(C)CC(=O)C(N=Nc2ccccc2O)=C(O)C1. The Bertz CT molecular complexity index is 574. The van der Waals surface area contributed by atoms with E-state index in [0.717, 1.165) is 0 Å². The number of aliphatic hydroxyl groups excluding tert-OH is 1. The van der Waals surface area contributed by atoms with Crippen LogP contribution in [0.2, 0.25) is 0 Å². The third kappa shape index (κ3) is 2.99. The maximum absolute atomic E-state index is 11.9. The van der Waals surface area contributed by atoms with Gasteiger partial charge in [-0.05, 0) is 17.5 Å². The lowest BCUT2D eigenvalue weighted by molar-refractivity contribution is -0.118. The van der Waals surface area contributed by atoms with Crippen molar-refractivity contribution in [1.29, 1.82) is 0 Å². The summed E-state index contributed by atoms with van der Waals surface area (Å²) in [6, 6.07) is 6.43. The third-order valence-corrected chi connectivity index (χ3v) is 2.96. The molecule has 1 aliphatic carbocycles. The summed E-state index contributed by atoms with van der Waals surface area (Å²) < 4.78 is 0. The number of Topliss-reactive ketones (excluding diaryl/α,β-unsaturated/α-hetero) is 1. The molecule has 1 aromatic rings. The Balaban J connectivity index is 2.28. The fourth-order valence-corrected chi connectivity index (χ4v) is 2.04. The number of carbonyl (C=O) groups is 1. The summed E-state index contributed by atoms with van der Waals surface area (Å²) in [5.41, 5.74) is -0.00210. The monoisotopic (exact) mass is 260 g/mol. The number of aliphatic hydroxyl groups is 1. The van der Waals surface area contributed by atoms with Crippen molar-refractivity contribution in [2.45, 2.75) is 26.7 Å². The van der Waals surface area contributed by atoms with Crippen LogP contribution in [0.1, 0.15) is 26.7 Å². The maximum atomic E-state index is 11.9. The van der Waals surface area contributed by atoms with Crippen molar-refractivity contribution in [3.05, 3.63) is 35.7 Å². The van der Waals surface area contributed by atoms with Gasteiger partial charge in [-0.2, -0.15) is 0 Å². The third-order valence-electron chi connectivity index (χ3n) is 2.96. The van der Waals surface area contributed by atoms with Crippen molar-refractivity contribution < 1.29 is 15.0 Å². The number of azo groups is 1. The van der Waals surface area contributed by atoms with E-state index in [4.69, 9.17) is 0 Å². The number of benzene rings is 1. The summed E-state index contributed by atoms with van der Waals surface area (Å²) in [5.74, 6) is -0.289. The molecular weight excluding hydrogens is 244 g/mol. The molecule has 0 heterocycles. The minimum atomic E-state index is -0.255. The number of aromatic hydroxyl groups is 1. The van der Waals surface area contributed by atoms with Crippen LogP contribution < -0.4 is 0 Å². The molecule has 100 valence electrons. The summed E-state index contributed by atoms with van der Waals surface area (Å²) in [5, 5.41) is 27.0. The van der Waals surface area contributed by atoms with Crippen molar-refractivity contribution >= 4 is 11.5 Å². The van der Waals surface area contributed by atoms with Gasteiger partial charge in [-0.1, -0.05) is 26.0 Å². The number of allylic oxidation sites excluding steroid dienone is 2. The Morgan fingerprint density at radius 3 is 2.42 bits per heavy atom. The van der Waals surface area contributed by atoms with E-state index < -0.39 is 0 Å². The molecule has 0 atom stereocenters. The van der Waals surface area contributed by atoms with Crippen LogP contribution in [0.25, 0.3) is 0 Å². The number of para-hydroxylation sites is 1. The normalized spacial score (nSPS) is 19.2. The highest BCUT2D eigenvalue weighted by molar-refractivity contribution is 5.96. The summed E-state index contributed by atoms with van der Waals surface area (Å²) in [6.45, 7) is 3.83. The van der Waals surface area contributed by atoms with E-state index in [1.807, 2.05) is 13.8 Å². The van der Waals surface area contributed by atoms with Crippen LogP contribution in [0.3, 0.4) is 0 Å². The molecule has 0 radical (unpaired) electrons. The lowest BCUT2D eigenvalue weighted by Crippen LogP contribution is -2.25. The predicted molar refractivity (Wildman–Crippen MR) is 70.3 cm³/mol. The van der Waals surface area contributed by atoms with Crippen molar-refractivity contribution in [2.24, 2.45) is 15.6 Å². The van der Waals surface area contributed by atoms with Gasteiger partial charge in [0.25, 0.3) is 0 Å². The van der Waals surface area contributed by atoms with Crippen LogP contribution in [0.4, 0.5) is 5.69 Å². The van der Waals surface area contributed by atoms with Gasteiger partial charge in [-0.15, -0.1) is 10.2 Å². The summed E-state index contributed by atoms with van der Waals surface area (Å²) in [7, 11) is 0. The number of hydrogen-bond acceptors (Lipinski definition) is 5. The molecule has 0 saturated heterocycles. The molecule has 0 amide bonds. The summed E-state index contributed by atoms with van der Waals surface area (Å²) in [6.07, 6.45) is 0.722. The van der Waals surface area contributed by atoms with Gasteiger partial charge in [0.1, 0.15) is 17.2 Å². The van der Waals surface area contributed by atoms with Crippen LogP contribution in [0.5, 0.6) is 5.75 Å². The average molecular weight is 260 g/mol. The molecule has 0 aromatic heterocycles.